The first-order valence-corrected chi connectivity index (χ1v) is 9.56. The van der Waals surface area contributed by atoms with E-state index in [2.05, 4.69) is 13.8 Å². The van der Waals surface area contributed by atoms with Crippen molar-refractivity contribution in [3.63, 3.8) is 0 Å². The molecule has 0 saturated heterocycles. The summed E-state index contributed by atoms with van der Waals surface area (Å²) in [5.74, 6) is 0. The average molecular weight is 301 g/mol. The van der Waals surface area contributed by atoms with E-state index in [-0.39, 0.29) is 12.2 Å². The highest BCUT2D eigenvalue weighted by molar-refractivity contribution is 4.62. The fourth-order valence-electron chi connectivity index (χ4n) is 2.82. The first kappa shape index (κ1) is 20.9. The van der Waals surface area contributed by atoms with Crippen molar-refractivity contribution >= 4 is 0 Å². The third kappa shape index (κ3) is 16.1. The molecule has 0 aromatic rings. The number of hydrogen-bond donors (Lipinski definition) is 2. The summed E-state index contributed by atoms with van der Waals surface area (Å²) in [6.45, 7) is 4.45. The van der Waals surface area contributed by atoms with Crippen molar-refractivity contribution in [2.75, 3.05) is 0 Å². The fourth-order valence-corrected chi connectivity index (χ4v) is 2.82. The van der Waals surface area contributed by atoms with E-state index in [9.17, 15) is 10.2 Å². The third-order valence-corrected chi connectivity index (χ3v) is 4.36. The maximum absolute atomic E-state index is 9.94. The molecule has 21 heavy (non-hydrogen) atoms. The lowest BCUT2D eigenvalue weighted by Gasteiger charge is -2.14. The molecule has 0 aromatic heterocycles. The summed E-state index contributed by atoms with van der Waals surface area (Å²) in [5, 5.41) is 19.8. The van der Waals surface area contributed by atoms with E-state index in [1.807, 2.05) is 0 Å². The second-order valence-electron chi connectivity index (χ2n) is 6.64. The summed E-state index contributed by atoms with van der Waals surface area (Å²) in [4.78, 5) is 0. The minimum atomic E-state index is -0.203. The Kier molecular flexibility index (Phi) is 16.2. The van der Waals surface area contributed by atoms with Gasteiger partial charge in [0.15, 0.2) is 0 Å². The molecule has 128 valence electrons. The molecule has 0 spiro atoms. The summed E-state index contributed by atoms with van der Waals surface area (Å²) < 4.78 is 0. The molecular formula is C19H40O2. The highest BCUT2D eigenvalue weighted by atomic mass is 16.3. The van der Waals surface area contributed by atoms with Gasteiger partial charge < -0.3 is 10.2 Å². The molecule has 0 saturated carbocycles. The number of hydrogen-bond acceptors (Lipinski definition) is 2. The lowest BCUT2D eigenvalue weighted by molar-refractivity contribution is 0.101. The van der Waals surface area contributed by atoms with Crippen LogP contribution in [0.3, 0.4) is 0 Å². The summed E-state index contributed by atoms with van der Waals surface area (Å²) in [6.07, 6.45) is 16.9. The summed E-state index contributed by atoms with van der Waals surface area (Å²) in [5.41, 5.74) is 0. The van der Waals surface area contributed by atoms with Crippen molar-refractivity contribution in [1.82, 2.24) is 0 Å². The third-order valence-electron chi connectivity index (χ3n) is 4.36. The number of rotatable bonds is 16. The van der Waals surface area contributed by atoms with E-state index in [4.69, 9.17) is 0 Å². The Morgan fingerprint density at radius 2 is 0.810 bits per heavy atom. The van der Waals surface area contributed by atoms with Gasteiger partial charge in [-0.1, -0.05) is 84.5 Å². The van der Waals surface area contributed by atoms with Crippen molar-refractivity contribution in [1.29, 1.82) is 0 Å². The van der Waals surface area contributed by atoms with Crippen LogP contribution in [-0.4, -0.2) is 22.4 Å². The van der Waals surface area contributed by atoms with Crippen LogP contribution in [0.1, 0.15) is 110 Å². The van der Waals surface area contributed by atoms with Gasteiger partial charge >= 0.3 is 0 Å². The van der Waals surface area contributed by atoms with Gasteiger partial charge in [0.25, 0.3) is 0 Å². The standard InChI is InChI=1S/C19H40O2/c1-3-5-7-9-10-11-13-15-19(21)17-16-18(20)14-12-8-6-4-2/h18-21H,3-17H2,1-2H3. The lowest BCUT2D eigenvalue weighted by Crippen LogP contribution is -2.13. The Morgan fingerprint density at radius 1 is 0.476 bits per heavy atom. The molecule has 0 heterocycles. The Bertz CT molecular complexity index is 194. The minimum Gasteiger partial charge on any atom is -0.393 e. The van der Waals surface area contributed by atoms with Gasteiger partial charge in [0.1, 0.15) is 0 Å². The van der Waals surface area contributed by atoms with E-state index in [1.165, 1.54) is 57.8 Å². The molecule has 2 N–H and O–H groups in total. The highest BCUT2D eigenvalue weighted by Crippen LogP contribution is 2.15. The molecule has 0 rings (SSSR count). The van der Waals surface area contributed by atoms with E-state index < -0.39 is 0 Å². The Balaban J connectivity index is 3.30. The zero-order valence-electron chi connectivity index (χ0n) is 14.7. The molecule has 0 aromatic carbocycles. The van der Waals surface area contributed by atoms with E-state index in [0.29, 0.717) is 0 Å². The summed E-state index contributed by atoms with van der Waals surface area (Å²) >= 11 is 0. The lowest BCUT2D eigenvalue weighted by atomic mass is 10.0. The van der Waals surface area contributed by atoms with Gasteiger partial charge in [-0.3, -0.25) is 0 Å². The first-order valence-electron chi connectivity index (χ1n) is 9.56. The van der Waals surface area contributed by atoms with Crippen LogP contribution in [0.5, 0.6) is 0 Å². The minimum absolute atomic E-state index is 0.203. The predicted molar refractivity (Wildman–Crippen MR) is 92.6 cm³/mol. The molecule has 2 unspecified atom stereocenters. The molecule has 0 amide bonds. The van der Waals surface area contributed by atoms with Gasteiger partial charge in [0.05, 0.1) is 12.2 Å². The smallest absolute Gasteiger partial charge is 0.0541 e. The average Bonchev–Trinajstić information content (AvgIpc) is 2.48. The van der Waals surface area contributed by atoms with Crippen LogP contribution in [0.15, 0.2) is 0 Å². The quantitative estimate of drug-likeness (QED) is 0.364. The summed E-state index contributed by atoms with van der Waals surface area (Å²) in [6, 6.07) is 0. The molecule has 0 aliphatic heterocycles. The van der Waals surface area contributed by atoms with E-state index >= 15 is 0 Å². The summed E-state index contributed by atoms with van der Waals surface area (Å²) in [7, 11) is 0. The van der Waals surface area contributed by atoms with Crippen molar-refractivity contribution < 1.29 is 10.2 Å². The molecule has 0 aliphatic rings. The van der Waals surface area contributed by atoms with E-state index in [1.54, 1.807) is 0 Å². The van der Waals surface area contributed by atoms with Gasteiger partial charge in [-0.2, -0.15) is 0 Å². The van der Waals surface area contributed by atoms with Crippen LogP contribution >= 0.6 is 0 Å². The zero-order chi connectivity index (χ0) is 15.8. The van der Waals surface area contributed by atoms with Crippen molar-refractivity contribution in [3.8, 4) is 0 Å². The predicted octanol–water partition coefficient (Wildman–Crippen LogP) is 5.60. The van der Waals surface area contributed by atoms with Gasteiger partial charge in [0.2, 0.25) is 0 Å². The highest BCUT2D eigenvalue weighted by Gasteiger charge is 2.09. The first-order chi connectivity index (χ1) is 10.2. The molecule has 2 atom stereocenters. The monoisotopic (exact) mass is 300 g/mol. The van der Waals surface area contributed by atoms with Gasteiger partial charge in [0, 0.05) is 0 Å². The topological polar surface area (TPSA) is 40.5 Å². The number of aliphatic hydroxyl groups excluding tert-OH is 2. The second kappa shape index (κ2) is 16.3. The largest absolute Gasteiger partial charge is 0.393 e. The molecule has 0 aliphatic carbocycles. The van der Waals surface area contributed by atoms with Gasteiger partial charge in [-0.25, -0.2) is 0 Å². The Hall–Kier alpha value is -0.0800. The number of aliphatic hydroxyl groups is 2. The van der Waals surface area contributed by atoms with Crippen molar-refractivity contribution in [2.45, 2.75) is 122 Å². The van der Waals surface area contributed by atoms with Crippen LogP contribution in [0.4, 0.5) is 0 Å². The maximum Gasteiger partial charge on any atom is 0.0541 e. The molecule has 0 fully saturated rings. The second-order valence-corrected chi connectivity index (χ2v) is 6.64. The molecule has 2 heteroatoms. The molecule has 0 radical (unpaired) electrons. The van der Waals surface area contributed by atoms with Crippen LogP contribution in [0, 0.1) is 0 Å². The van der Waals surface area contributed by atoms with Crippen LogP contribution in [0.25, 0.3) is 0 Å². The van der Waals surface area contributed by atoms with Crippen LogP contribution in [0.2, 0.25) is 0 Å². The van der Waals surface area contributed by atoms with E-state index in [0.717, 1.165) is 38.5 Å². The van der Waals surface area contributed by atoms with Crippen LogP contribution in [-0.2, 0) is 0 Å². The number of unbranched alkanes of at least 4 members (excludes halogenated alkanes) is 9. The van der Waals surface area contributed by atoms with Crippen molar-refractivity contribution in [2.24, 2.45) is 0 Å². The Morgan fingerprint density at radius 3 is 1.24 bits per heavy atom. The Labute approximate surface area is 133 Å². The van der Waals surface area contributed by atoms with Gasteiger partial charge in [-0.15, -0.1) is 0 Å². The molecule has 0 bridgehead atoms. The van der Waals surface area contributed by atoms with Crippen LogP contribution < -0.4 is 0 Å². The SMILES string of the molecule is CCCCCCCCCC(O)CCC(O)CCCCCC. The molecular weight excluding hydrogens is 260 g/mol. The normalized spacial score (nSPS) is 14.3. The maximum atomic E-state index is 9.94. The van der Waals surface area contributed by atoms with Crippen molar-refractivity contribution in [3.05, 3.63) is 0 Å². The molecule has 2 nitrogen and oxygen atoms in total. The zero-order valence-corrected chi connectivity index (χ0v) is 14.7. The van der Waals surface area contributed by atoms with Gasteiger partial charge in [-0.05, 0) is 25.7 Å². The fraction of sp³-hybridized carbons (Fsp3) is 1.00.